The quantitative estimate of drug-likeness (QED) is 0.787. The van der Waals surface area contributed by atoms with Crippen molar-refractivity contribution in [3.8, 4) is 5.75 Å². The van der Waals surface area contributed by atoms with Crippen molar-refractivity contribution in [3.05, 3.63) is 18.2 Å². The Morgan fingerprint density at radius 3 is 2.92 bits per heavy atom. The number of anilines is 2. The van der Waals surface area contributed by atoms with Crippen LogP contribution in [0.4, 0.5) is 11.4 Å². The first-order chi connectivity index (χ1) is 11.6. The molecule has 1 heterocycles. The van der Waals surface area contributed by atoms with Gasteiger partial charge in [0, 0.05) is 18.7 Å². The number of nitrogens with zero attached hydrogens (tertiary/aromatic N) is 1. The fourth-order valence-electron chi connectivity index (χ4n) is 2.65. The SMILES string of the molecule is COc1ccc(NC(=O)[C@@H](N)CCSC)cc1N1CCCCC1=O. The van der Waals surface area contributed by atoms with Gasteiger partial charge in [-0.3, -0.25) is 9.59 Å². The zero-order chi connectivity index (χ0) is 17.5. The molecule has 24 heavy (non-hydrogen) atoms. The number of ether oxygens (including phenoxy) is 1. The lowest BCUT2D eigenvalue weighted by Crippen LogP contribution is -2.37. The van der Waals surface area contributed by atoms with E-state index in [-0.39, 0.29) is 11.8 Å². The number of nitrogens with one attached hydrogen (secondary N) is 1. The predicted octanol–water partition coefficient (Wildman–Crippen LogP) is 2.23. The summed E-state index contributed by atoms with van der Waals surface area (Å²) in [5.74, 6) is 1.32. The highest BCUT2D eigenvalue weighted by Crippen LogP contribution is 2.33. The molecule has 1 aliphatic rings. The first kappa shape index (κ1) is 18.6. The minimum absolute atomic E-state index is 0.0831. The van der Waals surface area contributed by atoms with Crippen LogP contribution >= 0.6 is 11.8 Å². The third-order valence-electron chi connectivity index (χ3n) is 4.03. The second-order valence-corrected chi connectivity index (χ2v) is 6.75. The average molecular weight is 351 g/mol. The molecule has 0 bridgehead atoms. The Bertz CT molecular complexity index is 594. The monoisotopic (exact) mass is 351 g/mol. The van der Waals surface area contributed by atoms with Crippen molar-refractivity contribution in [1.29, 1.82) is 0 Å². The van der Waals surface area contributed by atoms with Crippen LogP contribution in [0.2, 0.25) is 0 Å². The Labute approximate surface area is 147 Å². The summed E-state index contributed by atoms with van der Waals surface area (Å²) < 4.78 is 5.37. The summed E-state index contributed by atoms with van der Waals surface area (Å²) in [6.45, 7) is 0.666. The van der Waals surface area contributed by atoms with E-state index in [0.717, 1.165) is 18.6 Å². The van der Waals surface area contributed by atoms with Crippen LogP contribution in [0.5, 0.6) is 5.75 Å². The number of rotatable bonds is 7. The molecule has 3 N–H and O–H groups in total. The number of carbonyl (C=O) groups excluding carboxylic acids is 2. The number of hydrogen-bond acceptors (Lipinski definition) is 5. The second kappa shape index (κ2) is 8.94. The smallest absolute Gasteiger partial charge is 0.241 e. The van der Waals surface area contributed by atoms with Gasteiger partial charge >= 0.3 is 0 Å². The number of thioether (sulfide) groups is 1. The molecule has 1 aromatic rings. The van der Waals surface area contributed by atoms with Gasteiger partial charge in [0.05, 0.1) is 18.8 Å². The summed E-state index contributed by atoms with van der Waals surface area (Å²) in [5, 5.41) is 2.83. The molecule has 1 saturated heterocycles. The molecule has 1 aliphatic heterocycles. The Morgan fingerprint density at radius 1 is 1.46 bits per heavy atom. The normalized spacial score (nSPS) is 16.0. The van der Waals surface area contributed by atoms with E-state index >= 15 is 0 Å². The molecular weight excluding hydrogens is 326 g/mol. The van der Waals surface area contributed by atoms with E-state index in [9.17, 15) is 9.59 Å². The number of hydrogen-bond donors (Lipinski definition) is 2. The van der Waals surface area contributed by atoms with E-state index in [4.69, 9.17) is 10.5 Å². The van der Waals surface area contributed by atoms with Crippen molar-refractivity contribution in [3.63, 3.8) is 0 Å². The molecule has 1 atom stereocenters. The number of nitrogens with two attached hydrogens (primary N) is 1. The van der Waals surface area contributed by atoms with Crippen LogP contribution in [0.3, 0.4) is 0 Å². The van der Waals surface area contributed by atoms with E-state index in [0.29, 0.717) is 36.5 Å². The van der Waals surface area contributed by atoms with Gasteiger partial charge in [0.25, 0.3) is 0 Å². The highest BCUT2D eigenvalue weighted by atomic mass is 32.2. The van der Waals surface area contributed by atoms with E-state index < -0.39 is 6.04 Å². The van der Waals surface area contributed by atoms with Crippen LogP contribution in [0.1, 0.15) is 25.7 Å². The zero-order valence-corrected chi connectivity index (χ0v) is 15.0. The first-order valence-corrected chi connectivity index (χ1v) is 9.50. The van der Waals surface area contributed by atoms with Gasteiger partial charge in [-0.2, -0.15) is 11.8 Å². The lowest BCUT2D eigenvalue weighted by Gasteiger charge is -2.28. The molecule has 0 radical (unpaired) electrons. The molecule has 1 aromatic carbocycles. The van der Waals surface area contributed by atoms with Crippen LogP contribution in [0.15, 0.2) is 18.2 Å². The van der Waals surface area contributed by atoms with Gasteiger partial charge in [-0.05, 0) is 49.5 Å². The van der Waals surface area contributed by atoms with Crippen LogP contribution in [-0.2, 0) is 9.59 Å². The summed E-state index contributed by atoms with van der Waals surface area (Å²) in [4.78, 5) is 26.1. The standard InChI is InChI=1S/C17H25N3O3S/c1-23-15-7-6-12(19-17(22)13(18)8-10-24-2)11-14(15)20-9-4-3-5-16(20)21/h6-7,11,13H,3-5,8-10,18H2,1-2H3,(H,19,22)/t13-/m0/s1. The molecule has 6 nitrogen and oxygen atoms in total. The minimum Gasteiger partial charge on any atom is -0.495 e. The molecular formula is C17H25N3O3S. The van der Waals surface area contributed by atoms with E-state index in [1.54, 1.807) is 42.0 Å². The molecule has 132 valence electrons. The lowest BCUT2D eigenvalue weighted by atomic mass is 10.1. The number of amides is 2. The van der Waals surface area contributed by atoms with Gasteiger partial charge in [-0.25, -0.2) is 0 Å². The highest BCUT2D eigenvalue weighted by molar-refractivity contribution is 7.98. The molecule has 7 heteroatoms. The molecule has 0 spiro atoms. The second-order valence-electron chi connectivity index (χ2n) is 5.77. The Balaban J connectivity index is 2.16. The van der Waals surface area contributed by atoms with Crippen LogP contribution in [0.25, 0.3) is 0 Å². The maximum atomic E-state index is 12.2. The minimum atomic E-state index is -0.542. The van der Waals surface area contributed by atoms with Crippen LogP contribution < -0.4 is 20.7 Å². The van der Waals surface area contributed by atoms with Crippen molar-refractivity contribution >= 4 is 35.0 Å². The predicted molar refractivity (Wildman–Crippen MR) is 98.8 cm³/mol. The van der Waals surface area contributed by atoms with Gasteiger partial charge in [0.2, 0.25) is 11.8 Å². The summed E-state index contributed by atoms with van der Waals surface area (Å²) in [6, 6.07) is 4.76. The summed E-state index contributed by atoms with van der Waals surface area (Å²) in [6.07, 6.45) is 5.03. The summed E-state index contributed by atoms with van der Waals surface area (Å²) in [7, 11) is 1.57. The Kier molecular flexibility index (Phi) is 6.93. The lowest BCUT2D eigenvalue weighted by molar-refractivity contribution is -0.119. The molecule has 2 rings (SSSR count). The van der Waals surface area contributed by atoms with Crippen molar-refractivity contribution < 1.29 is 14.3 Å². The van der Waals surface area contributed by atoms with Crippen molar-refractivity contribution in [2.24, 2.45) is 5.73 Å². The van der Waals surface area contributed by atoms with Crippen LogP contribution in [-0.4, -0.2) is 43.5 Å². The Morgan fingerprint density at radius 2 is 2.25 bits per heavy atom. The third-order valence-corrected chi connectivity index (χ3v) is 4.67. The topological polar surface area (TPSA) is 84.7 Å². The van der Waals surface area contributed by atoms with Crippen molar-refractivity contribution in [2.45, 2.75) is 31.7 Å². The fourth-order valence-corrected chi connectivity index (χ4v) is 3.14. The fraction of sp³-hybridized carbons (Fsp3) is 0.529. The van der Waals surface area contributed by atoms with Gasteiger partial charge < -0.3 is 20.7 Å². The van der Waals surface area contributed by atoms with Crippen LogP contribution in [0, 0.1) is 0 Å². The van der Waals surface area contributed by atoms with Crippen molar-refractivity contribution in [2.75, 3.05) is 35.9 Å². The molecule has 0 unspecified atom stereocenters. The van der Waals surface area contributed by atoms with Gasteiger partial charge in [-0.15, -0.1) is 0 Å². The molecule has 2 amide bonds. The van der Waals surface area contributed by atoms with Crippen molar-refractivity contribution in [1.82, 2.24) is 0 Å². The van der Waals surface area contributed by atoms with E-state index in [2.05, 4.69) is 5.32 Å². The average Bonchev–Trinajstić information content (AvgIpc) is 2.60. The number of carbonyl (C=O) groups is 2. The largest absolute Gasteiger partial charge is 0.495 e. The maximum Gasteiger partial charge on any atom is 0.241 e. The maximum absolute atomic E-state index is 12.2. The zero-order valence-electron chi connectivity index (χ0n) is 14.2. The molecule has 0 saturated carbocycles. The number of methoxy groups -OCH3 is 1. The van der Waals surface area contributed by atoms with E-state index in [1.807, 2.05) is 6.26 Å². The third kappa shape index (κ3) is 4.64. The Hall–Kier alpha value is -1.73. The van der Waals surface area contributed by atoms with Gasteiger partial charge in [-0.1, -0.05) is 0 Å². The van der Waals surface area contributed by atoms with E-state index in [1.165, 1.54) is 0 Å². The summed E-state index contributed by atoms with van der Waals surface area (Å²) in [5.41, 5.74) is 7.21. The molecule has 1 fully saturated rings. The molecule has 0 aromatic heterocycles. The van der Waals surface area contributed by atoms with Gasteiger partial charge in [0.15, 0.2) is 0 Å². The summed E-state index contributed by atoms with van der Waals surface area (Å²) >= 11 is 1.66. The first-order valence-electron chi connectivity index (χ1n) is 8.10. The number of piperidine rings is 1. The molecule has 0 aliphatic carbocycles. The van der Waals surface area contributed by atoms with Gasteiger partial charge in [0.1, 0.15) is 5.75 Å². The number of benzene rings is 1. The highest BCUT2D eigenvalue weighted by Gasteiger charge is 2.23.